The fraction of sp³-hybridized carbons (Fsp3) is 0.100. The molecule has 0 aromatic carbocycles. The predicted molar refractivity (Wildman–Crippen MR) is 58.0 cm³/mol. The van der Waals surface area contributed by atoms with E-state index in [4.69, 9.17) is 4.42 Å². The fourth-order valence-electron chi connectivity index (χ4n) is 1.09. The van der Waals surface area contributed by atoms with Crippen molar-refractivity contribution in [3.05, 3.63) is 47.0 Å². The van der Waals surface area contributed by atoms with Gasteiger partial charge in [0.05, 0.1) is 17.0 Å². The lowest BCUT2D eigenvalue weighted by molar-refractivity contribution is 0.564. The van der Waals surface area contributed by atoms with Crippen LogP contribution in [0.4, 0.5) is 5.82 Å². The Balaban J connectivity index is 2.02. The first-order chi connectivity index (χ1) is 6.86. The van der Waals surface area contributed by atoms with Gasteiger partial charge in [0.25, 0.3) is 0 Å². The molecule has 0 unspecified atom stereocenters. The first-order valence-corrected chi connectivity index (χ1v) is 5.01. The van der Waals surface area contributed by atoms with E-state index in [1.807, 2.05) is 18.2 Å². The van der Waals surface area contributed by atoms with E-state index in [1.54, 1.807) is 18.7 Å². The fourth-order valence-corrected chi connectivity index (χ4v) is 1.49. The molecular weight excluding hydrogens is 244 g/mol. The summed E-state index contributed by atoms with van der Waals surface area (Å²) in [6, 6.07) is 5.75. The third-order valence-electron chi connectivity index (χ3n) is 1.80. The summed E-state index contributed by atoms with van der Waals surface area (Å²) < 4.78 is 5.92. The minimum Gasteiger partial charge on any atom is -0.472 e. The second-order valence-electron chi connectivity index (χ2n) is 2.82. The van der Waals surface area contributed by atoms with Gasteiger partial charge in [0, 0.05) is 18.3 Å². The van der Waals surface area contributed by atoms with Gasteiger partial charge in [0.1, 0.15) is 5.82 Å². The van der Waals surface area contributed by atoms with E-state index in [0.29, 0.717) is 6.54 Å². The lowest BCUT2D eigenvalue weighted by atomic mass is 10.3. The van der Waals surface area contributed by atoms with Gasteiger partial charge in [-0.2, -0.15) is 0 Å². The average molecular weight is 253 g/mol. The van der Waals surface area contributed by atoms with Gasteiger partial charge in [-0.25, -0.2) is 4.98 Å². The van der Waals surface area contributed by atoms with E-state index in [9.17, 15) is 0 Å². The van der Waals surface area contributed by atoms with Crippen LogP contribution in [0.1, 0.15) is 5.56 Å². The molecule has 0 atom stereocenters. The summed E-state index contributed by atoms with van der Waals surface area (Å²) in [5, 5.41) is 3.20. The van der Waals surface area contributed by atoms with Gasteiger partial charge in [0.2, 0.25) is 0 Å². The highest BCUT2D eigenvalue weighted by molar-refractivity contribution is 9.10. The number of nitrogens with zero attached hydrogens (tertiary/aromatic N) is 1. The van der Waals surface area contributed by atoms with Gasteiger partial charge >= 0.3 is 0 Å². The molecule has 0 spiro atoms. The van der Waals surface area contributed by atoms with E-state index in [1.165, 1.54) is 0 Å². The number of nitrogens with one attached hydrogen (secondary N) is 1. The van der Waals surface area contributed by atoms with Crippen LogP contribution in [0.2, 0.25) is 0 Å². The molecule has 2 aromatic heterocycles. The normalized spacial score (nSPS) is 10.1. The van der Waals surface area contributed by atoms with Crippen LogP contribution in [-0.2, 0) is 6.54 Å². The molecule has 0 saturated carbocycles. The molecule has 72 valence electrons. The summed E-state index contributed by atoms with van der Waals surface area (Å²) in [5.41, 5.74) is 1.10. The molecule has 0 saturated heterocycles. The lowest BCUT2D eigenvalue weighted by Gasteiger charge is -2.04. The van der Waals surface area contributed by atoms with Crippen molar-refractivity contribution in [2.24, 2.45) is 0 Å². The molecule has 0 aliphatic heterocycles. The monoisotopic (exact) mass is 252 g/mol. The van der Waals surface area contributed by atoms with Crippen molar-refractivity contribution < 1.29 is 4.42 Å². The second kappa shape index (κ2) is 4.28. The number of furan rings is 1. The number of anilines is 1. The molecule has 0 aliphatic rings. The number of halogens is 1. The average Bonchev–Trinajstić information content (AvgIpc) is 2.69. The van der Waals surface area contributed by atoms with E-state index >= 15 is 0 Å². The number of aromatic nitrogens is 1. The van der Waals surface area contributed by atoms with Gasteiger partial charge in [-0.1, -0.05) is 0 Å². The van der Waals surface area contributed by atoms with Crippen molar-refractivity contribution in [3.63, 3.8) is 0 Å². The first-order valence-electron chi connectivity index (χ1n) is 4.22. The predicted octanol–water partition coefficient (Wildman–Crippen LogP) is 3.05. The van der Waals surface area contributed by atoms with Crippen LogP contribution in [0.5, 0.6) is 0 Å². The molecule has 3 nitrogen and oxygen atoms in total. The Bertz CT molecular complexity index is 400. The highest BCUT2D eigenvalue weighted by atomic mass is 79.9. The molecule has 0 amide bonds. The van der Waals surface area contributed by atoms with Crippen molar-refractivity contribution in [1.29, 1.82) is 0 Å². The Kier molecular flexibility index (Phi) is 2.84. The van der Waals surface area contributed by atoms with Crippen LogP contribution in [0.25, 0.3) is 0 Å². The van der Waals surface area contributed by atoms with Crippen LogP contribution in [0, 0.1) is 0 Å². The third kappa shape index (κ3) is 2.14. The number of rotatable bonds is 3. The van der Waals surface area contributed by atoms with Crippen LogP contribution in [-0.4, -0.2) is 4.98 Å². The van der Waals surface area contributed by atoms with Crippen LogP contribution >= 0.6 is 15.9 Å². The molecule has 0 fully saturated rings. The summed E-state index contributed by atoms with van der Waals surface area (Å²) in [6.07, 6.45) is 5.12. The van der Waals surface area contributed by atoms with E-state index in [0.717, 1.165) is 15.9 Å². The lowest BCUT2D eigenvalue weighted by Crippen LogP contribution is -2.00. The zero-order valence-electron chi connectivity index (χ0n) is 7.40. The van der Waals surface area contributed by atoms with E-state index < -0.39 is 0 Å². The molecule has 0 bridgehead atoms. The molecule has 0 radical (unpaired) electrons. The largest absolute Gasteiger partial charge is 0.472 e. The zero-order valence-corrected chi connectivity index (χ0v) is 8.99. The number of hydrogen-bond acceptors (Lipinski definition) is 3. The Hall–Kier alpha value is -1.29. The molecule has 2 rings (SSSR count). The van der Waals surface area contributed by atoms with Gasteiger partial charge < -0.3 is 9.73 Å². The molecule has 14 heavy (non-hydrogen) atoms. The van der Waals surface area contributed by atoms with Crippen molar-refractivity contribution in [1.82, 2.24) is 4.98 Å². The van der Waals surface area contributed by atoms with Crippen LogP contribution < -0.4 is 5.32 Å². The standard InChI is InChI=1S/C10H9BrN2O/c11-9-2-1-4-12-10(9)13-6-8-3-5-14-7-8/h1-5,7H,6H2,(H,12,13). The Morgan fingerprint density at radius 1 is 1.43 bits per heavy atom. The molecule has 2 aromatic rings. The summed E-state index contributed by atoms with van der Waals surface area (Å²) in [6.45, 7) is 0.714. The Morgan fingerprint density at radius 3 is 3.07 bits per heavy atom. The first kappa shape index (κ1) is 9.27. The minimum absolute atomic E-state index is 0.714. The maximum absolute atomic E-state index is 4.96. The van der Waals surface area contributed by atoms with Crippen molar-refractivity contribution >= 4 is 21.7 Å². The van der Waals surface area contributed by atoms with Crippen molar-refractivity contribution in [2.75, 3.05) is 5.32 Å². The summed E-state index contributed by atoms with van der Waals surface area (Å²) in [7, 11) is 0. The summed E-state index contributed by atoms with van der Waals surface area (Å²) in [5.74, 6) is 0.841. The van der Waals surface area contributed by atoms with Crippen LogP contribution in [0.15, 0.2) is 45.8 Å². The zero-order chi connectivity index (χ0) is 9.80. The molecular formula is C10H9BrN2O. The second-order valence-corrected chi connectivity index (χ2v) is 3.67. The van der Waals surface area contributed by atoms with Gasteiger partial charge in [-0.05, 0) is 34.1 Å². The Morgan fingerprint density at radius 2 is 2.36 bits per heavy atom. The molecule has 1 N–H and O–H groups in total. The quantitative estimate of drug-likeness (QED) is 0.913. The van der Waals surface area contributed by atoms with Gasteiger partial charge in [-0.15, -0.1) is 0 Å². The number of hydrogen-bond donors (Lipinski definition) is 1. The van der Waals surface area contributed by atoms with Crippen molar-refractivity contribution in [3.8, 4) is 0 Å². The topological polar surface area (TPSA) is 38.1 Å². The highest BCUT2D eigenvalue weighted by Gasteiger charge is 1.99. The third-order valence-corrected chi connectivity index (χ3v) is 2.44. The maximum atomic E-state index is 4.96. The molecule has 4 heteroatoms. The maximum Gasteiger partial charge on any atom is 0.140 e. The smallest absolute Gasteiger partial charge is 0.140 e. The summed E-state index contributed by atoms with van der Waals surface area (Å²) >= 11 is 3.41. The highest BCUT2D eigenvalue weighted by Crippen LogP contribution is 2.18. The van der Waals surface area contributed by atoms with E-state index in [-0.39, 0.29) is 0 Å². The van der Waals surface area contributed by atoms with E-state index in [2.05, 4.69) is 26.2 Å². The van der Waals surface area contributed by atoms with Gasteiger partial charge in [0.15, 0.2) is 0 Å². The summed E-state index contributed by atoms with van der Waals surface area (Å²) in [4.78, 5) is 4.19. The Labute approximate surface area is 90.3 Å². The molecule has 0 aliphatic carbocycles. The van der Waals surface area contributed by atoms with Crippen LogP contribution in [0.3, 0.4) is 0 Å². The molecule has 2 heterocycles. The SMILES string of the molecule is Brc1cccnc1NCc1ccoc1. The van der Waals surface area contributed by atoms with Crippen molar-refractivity contribution in [2.45, 2.75) is 6.54 Å². The minimum atomic E-state index is 0.714. The van der Waals surface area contributed by atoms with Gasteiger partial charge in [-0.3, -0.25) is 0 Å². The number of pyridine rings is 1.